The minimum Gasteiger partial charge on any atom is -0.310 e. The fourth-order valence-electron chi connectivity index (χ4n) is 10.4. The summed E-state index contributed by atoms with van der Waals surface area (Å²) in [6.45, 7) is 0. The lowest BCUT2D eigenvalue weighted by molar-refractivity contribution is 1.18. The molecule has 2 nitrogen and oxygen atoms in total. The molecule has 12 rings (SSSR count). The molecule has 0 N–H and O–H groups in total. The summed E-state index contributed by atoms with van der Waals surface area (Å²) in [6, 6.07) is 98.4. The quantitative estimate of drug-likeness (QED) is 0.0756. The third-order valence-electron chi connectivity index (χ3n) is 13.3. The fraction of sp³-hybridized carbons (Fsp3) is 0. The monoisotopic (exact) mass is 844 g/mol. The Morgan fingerprint density at radius 1 is 0.308 bits per heavy atom. The SMILES string of the molecule is c1ccc(-c2ccc(N(c3cccc(-c4cccc([Si](c5ccccc5)(c5ccccc5)c5ccccc5)c4)c3)c3ccc4c5c3ccc3cccc(c35)n4-c3ccccc3)cc2)cc1. The minimum atomic E-state index is -2.74. The van der Waals surface area contributed by atoms with Gasteiger partial charge in [-0.3, -0.25) is 0 Å². The lowest BCUT2D eigenvalue weighted by atomic mass is 9.99. The average molecular weight is 845 g/mol. The minimum absolute atomic E-state index is 1.10. The van der Waals surface area contributed by atoms with Gasteiger partial charge in [-0.15, -0.1) is 0 Å². The molecule has 0 aliphatic heterocycles. The molecule has 12 aromatic rings. The van der Waals surface area contributed by atoms with Gasteiger partial charge >= 0.3 is 0 Å². The molecule has 0 radical (unpaired) electrons. The van der Waals surface area contributed by atoms with E-state index >= 15 is 0 Å². The van der Waals surface area contributed by atoms with Gasteiger partial charge in [0.15, 0.2) is 8.07 Å². The van der Waals surface area contributed by atoms with Gasteiger partial charge in [0.1, 0.15) is 0 Å². The summed E-state index contributed by atoms with van der Waals surface area (Å²) in [7, 11) is -2.74. The Labute approximate surface area is 380 Å². The van der Waals surface area contributed by atoms with Gasteiger partial charge in [-0.25, -0.2) is 0 Å². The molecule has 306 valence electrons. The number of hydrogen-bond acceptors (Lipinski definition) is 1. The number of rotatable bonds is 10. The molecule has 0 spiro atoms. The first-order valence-electron chi connectivity index (χ1n) is 22.4. The Bertz CT molecular complexity index is 3470. The molecule has 0 saturated carbocycles. The van der Waals surface area contributed by atoms with Crippen LogP contribution < -0.4 is 25.6 Å². The molecule has 11 aromatic carbocycles. The van der Waals surface area contributed by atoms with Crippen molar-refractivity contribution in [3.05, 3.63) is 267 Å². The summed E-state index contributed by atoms with van der Waals surface area (Å²) in [4.78, 5) is 2.46. The van der Waals surface area contributed by atoms with Gasteiger partial charge in [0.05, 0.1) is 16.7 Å². The van der Waals surface area contributed by atoms with Crippen LogP contribution in [-0.4, -0.2) is 12.6 Å². The maximum atomic E-state index is 2.47. The van der Waals surface area contributed by atoms with Gasteiger partial charge in [-0.1, -0.05) is 212 Å². The van der Waals surface area contributed by atoms with Crippen LogP contribution in [0.4, 0.5) is 17.1 Å². The maximum absolute atomic E-state index is 2.74. The van der Waals surface area contributed by atoms with Gasteiger partial charge in [0.25, 0.3) is 0 Å². The van der Waals surface area contributed by atoms with E-state index in [1.54, 1.807) is 0 Å². The zero-order chi connectivity index (χ0) is 43.2. The van der Waals surface area contributed by atoms with Crippen LogP contribution in [0.25, 0.3) is 60.5 Å². The van der Waals surface area contributed by atoms with Crippen LogP contribution in [0.1, 0.15) is 0 Å². The van der Waals surface area contributed by atoms with Crippen LogP contribution in [0, 0.1) is 0 Å². The van der Waals surface area contributed by atoms with E-state index in [9.17, 15) is 0 Å². The maximum Gasteiger partial charge on any atom is 0.179 e. The molecular weight excluding hydrogens is 801 g/mol. The number of nitrogens with zero attached hydrogens (tertiary/aromatic N) is 2. The van der Waals surface area contributed by atoms with Crippen molar-refractivity contribution in [3.8, 4) is 27.9 Å². The molecular formula is C62H44N2Si. The lowest BCUT2D eigenvalue weighted by Crippen LogP contribution is -2.74. The van der Waals surface area contributed by atoms with Crippen molar-refractivity contribution < 1.29 is 0 Å². The Balaban J connectivity index is 1.06. The van der Waals surface area contributed by atoms with Crippen molar-refractivity contribution in [1.29, 1.82) is 0 Å². The van der Waals surface area contributed by atoms with Crippen molar-refractivity contribution in [2.45, 2.75) is 0 Å². The van der Waals surface area contributed by atoms with E-state index in [0.717, 1.165) is 22.7 Å². The van der Waals surface area contributed by atoms with Crippen LogP contribution in [0.5, 0.6) is 0 Å². The van der Waals surface area contributed by atoms with Crippen LogP contribution in [0.3, 0.4) is 0 Å². The van der Waals surface area contributed by atoms with Gasteiger partial charge < -0.3 is 9.47 Å². The Morgan fingerprint density at radius 3 is 1.46 bits per heavy atom. The molecule has 0 bridgehead atoms. The molecule has 1 heterocycles. The predicted octanol–water partition coefficient (Wildman–Crippen LogP) is 13.6. The molecule has 0 atom stereocenters. The van der Waals surface area contributed by atoms with E-state index in [1.165, 1.54) is 75.6 Å². The standard InChI is InChI=1S/C62H44N2Si/c1-6-19-45(20-7-1)46-35-38-51(39-36-46)63(58-41-42-60-62-57(58)40-37-47-21-18-34-59(61(47)62)64(60)50-24-8-2-9-25-50)52-26-16-22-48(43-52)49-23-17-33-56(44-49)65(53-27-10-3-11-28-53,54-29-12-4-13-30-54)55-31-14-5-15-32-55/h1-44H. The molecule has 0 unspecified atom stereocenters. The highest BCUT2D eigenvalue weighted by atomic mass is 28.3. The highest BCUT2D eigenvalue weighted by Gasteiger charge is 2.41. The first-order valence-corrected chi connectivity index (χ1v) is 24.4. The van der Waals surface area contributed by atoms with E-state index in [4.69, 9.17) is 0 Å². The Hall–Kier alpha value is -8.24. The Morgan fingerprint density at radius 2 is 0.815 bits per heavy atom. The third-order valence-corrected chi connectivity index (χ3v) is 18.1. The predicted molar refractivity (Wildman–Crippen MR) is 279 cm³/mol. The van der Waals surface area contributed by atoms with E-state index in [1.807, 2.05) is 0 Å². The van der Waals surface area contributed by atoms with E-state index in [2.05, 4.69) is 276 Å². The number of aromatic nitrogens is 1. The van der Waals surface area contributed by atoms with Crippen molar-refractivity contribution in [2.75, 3.05) is 4.90 Å². The first kappa shape index (κ1) is 38.4. The molecule has 1 aromatic heterocycles. The second-order valence-corrected chi connectivity index (χ2v) is 20.7. The van der Waals surface area contributed by atoms with Gasteiger partial charge in [0.2, 0.25) is 0 Å². The third kappa shape index (κ3) is 6.47. The lowest BCUT2D eigenvalue weighted by Gasteiger charge is -2.34. The van der Waals surface area contributed by atoms with E-state index in [-0.39, 0.29) is 0 Å². The first-order chi connectivity index (χ1) is 32.3. The summed E-state index contributed by atoms with van der Waals surface area (Å²) < 4.78 is 2.42. The van der Waals surface area contributed by atoms with Gasteiger partial charge in [-0.05, 0) is 103 Å². The molecule has 0 amide bonds. The zero-order valence-electron chi connectivity index (χ0n) is 35.8. The largest absolute Gasteiger partial charge is 0.310 e. The number of benzene rings is 11. The highest BCUT2D eigenvalue weighted by molar-refractivity contribution is 7.19. The van der Waals surface area contributed by atoms with Gasteiger partial charge in [0, 0.05) is 33.2 Å². The normalized spacial score (nSPS) is 11.7. The smallest absolute Gasteiger partial charge is 0.179 e. The molecule has 65 heavy (non-hydrogen) atoms. The summed E-state index contributed by atoms with van der Waals surface area (Å²) in [6.07, 6.45) is 0. The topological polar surface area (TPSA) is 8.17 Å². The summed E-state index contributed by atoms with van der Waals surface area (Å²) in [5.74, 6) is 0. The number of para-hydroxylation sites is 1. The van der Waals surface area contributed by atoms with Crippen molar-refractivity contribution in [3.63, 3.8) is 0 Å². The van der Waals surface area contributed by atoms with Crippen molar-refractivity contribution in [2.24, 2.45) is 0 Å². The summed E-state index contributed by atoms with van der Waals surface area (Å²) in [5, 5.41) is 10.5. The van der Waals surface area contributed by atoms with Crippen LogP contribution in [-0.2, 0) is 0 Å². The molecule has 3 heteroatoms. The molecule has 0 aliphatic rings. The molecule has 0 saturated heterocycles. The molecule has 0 fully saturated rings. The summed E-state index contributed by atoms with van der Waals surface area (Å²) in [5.41, 5.74) is 11.7. The van der Waals surface area contributed by atoms with E-state index < -0.39 is 8.07 Å². The second-order valence-electron chi connectivity index (χ2n) is 16.9. The van der Waals surface area contributed by atoms with Crippen molar-refractivity contribution in [1.82, 2.24) is 4.57 Å². The second kappa shape index (κ2) is 16.1. The van der Waals surface area contributed by atoms with Crippen LogP contribution in [0.2, 0.25) is 0 Å². The number of anilines is 3. The summed E-state index contributed by atoms with van der Waals surface area (Å²) >= 11 is 0. The van der Waals surface area contributed by atoms with Gasteiger partial charge in [-0.2, -0.15) is 0 Å². The van der Waals surface area contributed by atoms with Crippen LogP contribution in [0.15, 0.2) is 267 Å². The van der Waals surface area contributed by atoms with Crippen LogP contribution >= 0.6 is 0 Å². The highest BCUT2D eigenvalue weighted by Crippen LogP contribution is 2.46. The molecule has 0 aliphatic carbocycles. The van der Waals surface area contributed by atoms with Crippen molar-refractivity contribution >= 4 is 78.5 Å². The zero-order valence-corrected chi connectivity index (χ0v) is 36.8. The Kier molecular flexibility index (Phi) is 9.55. The average Bonchev–Trinajstić information content (AvgIpc) is 3.74. The van der Waals surface area contributed by atoms with E-state index in [0.29, 0.717) is 0 Å². The number of hydrogen-bond donors (Lipinski definition) is 0. The fourth-order valence-corrected chi connectivity index (χ4v) is 15.2.